The van der Waals surface area contributed by atoms with Crippen LogP contribution < -0.4 is 10.6 Å². The van der Waals surface area contributed by atoms with Crippen LogP contribution in [0.1, 0.15) is 18.7 Å². The van der Waals surface area contributed by atoms with Gasteiger partial charge >= 0.3 is 0 Å². The summed E-state index contributed by atoms with van der Waals surface area (Å²) in [5, 5.41) is 10.7. The molecule has 8 heteroatoms. The van der Waals surface area contributed by atoms with Gasteiger partial charge in [-0.05, 0) is 0 Å². The first-order valence-electron chi connectivity index (χ1n) is 9.40. The van der Waals surface area contributed by atoms with E-state index in [0.717, 1.165) is 50.9 Å². The highest BCUT2D eigenvalue weighted by atomic mass is 16.5. The highest BCUT2D eigenvalue weighted by molar-refractivity contribution is 5.79. The molecule has 1 aromatic heterocycles. The first-order valence-corrected chi connectivity index (χ1v) is 9.40. The van der Waals surface area contributed by atoms with Crippen LogP contribution in [0.15, 0.2) is 39.8 Å². The Balaban J connectivity index is 1.43. The van der Waals surface area contributed by atoms with Crippen LogP contribution in [0.5, 0.6) is 0 Å². The van der Waals surface area contributed by atoms with Crippen molar-refractivity contribution in [3.8, 4) is 11.4 Å². The van der Waals surface area contributed by atoms with Gasteiger partial charge in [-0.3, -0.25) is 9.89 Å². The van der Waals surface area contributed by atoms with Gasteiger partial charge in [0, 0.05) is 45.3 Å². The molecule has 27 heavy (non-hydrogen) atoms. The van der Waals surface area contributed by atoms with E-state index in [0.29, 0.717) is 18.3 Å². The molecule has 1 atom stereocenters. The van der Waals surface area contributed by atoms with E-state index in [4.69, 9.17) is 9.26 Å². The molecule has 1 aromatic carbocycles. The Kier molecular flexibility index (Phi) is 7.18. The van der Waals surface area contributed by atoms with Crippen molar-refractivity contribution >= 4 is 5.96 Å². The number of rotatable bonds is 7. The number of morpholine rings is 1. The summed E-state index contributed by atoms with van der Waals surface area (Å²) in [4.78, 5) is 11.2. The van der Waals surface area contributed by atoms with Crippen molar-refractivity contribution in [2.45, 2.75) is 12.8 Å². The maximum Gasteiger partial charge on any atom is 0.231 e. The average Bonchev–Trinajstić information content (AvgIpc) is 3.22. The number of benzene rings is 1. The van der Waals surface area contributed by atoms with E-state index >= 15 is 0 Å². The molecule has 0 spiro atoms. The number of aromatic nitrogens is 2. The van der Waals surface area contributed by atoms with Crippen molar-refractivity contribution in [2.75, 3.05) is 53.0 Å². The third-order valence-corrected chi connectivity index (χ3v) is 4.52. The summed E-state index contributed by atoms with van der Waals surface area (Å²) >= 11 is 0. The lowest BCUT2D eigenvalue weighted by molar-refractivity contribution is 0.0389. The van der Waals surface area contributed by atoms with Crippen LogP contribution in [0.4, 0.5) is 0 Å². The summed E-state index contributed by atoms with van der Waals surface area (Å²) in [6, 6.07) is 9.83. The lowest BCUT2D eigenvalue weighted by Gasteiger charge is -2.26. The summed E-state index contributed by atoms with van der Waals surface area (Å²) in [6.07, 6.45) is 0. The zero-order valence-electron chi connectivity index (χ0n) is 16.0. The monoisotopic (exact) mass is 372 g/mol. The number of guanidine groups is 1. The first-order chi connectivity index (χ1) is 13.3. The molecule has 0 aliphatic carbocycles. The van der Waals surface area contributed by atoms with Crippen LogP contribution in [-0.4, -0.2) is 74.0 Å². The predicted octanol–water partition coefficient (Wildman–Crippen LogP) is 1.34. The Morgan fingerprint density at radius 2 is 2.00 bits per heavy atom. The molecule has 2 heterocycles. The Hall–Kier alpha value is -2.45. The van der Waals surface area contributed by atoms with Gasteiger partial charge in [-0.25, -0.2) is 0 Å². The number of nitrogens with zero attached hydrogens (tertiary/aromatic N) is 4. The van der Waals surface area contributed by atoms with E-state index in [9.17, 15) is 0 Å². The van der Waals surface area contributed by atoms with Crippen molar-refractivity contribution in [3.05, 3.63) is 36.2 Å². The van der Waals surface area contributed by atoms with E-state index in [1.165, 1.54) is 0 Å². The van der Waals surface area contributed by atoms with E-state index in [1.807, 2.05) is 30.3 Å². The van der Waals surface area contributed by atoms with E-state index in [1.54, 1.807) is 7.05 Å². The number of hydrogen-bond donors (Lipinski definition) is 2. The molecule has 3 rings (SSSR count). The standard InChI is InChI=1S/C19H28N6O2/c1-15(18-23-17(24-27-18)16-6-4-3-5-7-16)14-22-19(20-2)21-8-9-25-10-12-26-13-11-25/h3-7,15H,8-14H2,1-2H3,(H2,20,21,22). The number of hydrogen-bond acceptors (Lipinski definition) is 6. The zero-order valence-corrected chi connectivity index (χ0v) is 16.0. The Morgan fingerprint density at radius 3 is 2.74 bits per heavy atom. The molecule has 146 valence electrons. The van der Waals surface area contributed by atoms with E-state index in [-0.39, 0.29) is 5.92 Å². The second-order valence-corrected chi connectivity index (χ2v) is 6.56. The highest BCUT2D eigenvalue weighted by Crippen LogP contribution is 2.18. The second-order valence-electron chi connectivity index (χ2n) is 6.56. The van der Waals surface area contributed by atoms with Crippen LogP contribution in [0.25, 0.3) is 11.4 Å². The van der Waals surface area contributed by atoms with Gasteiger partial charge < -0.3 is 19.9 Å². The molecule has 1 saturated heterocycles. The van der Waals surface area contributed by atoms with Crippen molar-refractivity contribution in [2.24, 2.45) is 4.99 Å². The number of aliphatic imine (C=N–C) groups is 1. The Labute approximate surface area is 160 Å². The molecule has 2 N–H and O–H groups in total. The molecule has 2 aromatic rings. The molecular formula is C19H28N6O2. The molecule has 0 bridgehead atoms. The minimum absolute atomic E-state index is 0.0766. The molecule has 0 saturated carbocycles. The van der Waals surface area contributed by atoms with Crippen molar-refractivity contribution < 1.29 is 9.26 Å². The molecule has 8 nitrogen and oxygen atoms in total. The van der Waals surface area contributed by atoms with Gasteiger partial charge in [0.05, 0.1) is 19.1 Å². The minimum atomic E-state index is 0.0766. The fourth-order valence-electron chi connectivity index (χ4n) is 2.85. The quantitative estimate of drug-likeness (QED) is 0.560. The highest BCUT2D eigenvalue weighted by Gasteiger charge is 2.16. The normalized spacial score (nSPS) is 16.9. The van der Waals surface area contributed by atoms with Gasteiger partial charge in [-0.1, -0.05) is 42.4 Å². The van der Waals surface area contributed by atoms with Crippen LogP contribution >= 0.6 is 0 Å². The third-order valence-electron chi connectivity index (χ3n) is 4.52. The maximum absolute atomic E-state index is 5.43. The summed E-state index contributed by atoms with van der Waals surface area (Å²) in [6.45, 7) is 8.15. The molecule has 1 aliphatic heterocycles. The number of nitrogens with one attached hydrogen (secondary N) is 2. The van der Waals surface area contributed by atoms with Crippen LogP contribution in [0, 0.1) is 0 Å². The lowest BCUT2D eigenvalue weighted by Crippen LogP contribution is -2.45. The smallest absolute Gasteiger partial charge is 0.231 e. The molecular weight excluding hydrogens is 344 g/mol. The lowest BCUT2D eigenvalue weighted by atomic mass is 10.2. The van der Waals surface area contributed by atoms with Crippen molar-refractivity contribution in [3.63, 3.8) is 0 Å². The second kappa shape index (κ2) is 10.0. The Bertz CT molecular complexity index is 712. The topological polar surface area (TPSA) is 87.8 Å². The first kappa shape index (κ1) is 19.3. The van der Waals surface area contributed by atoms with E-state index in [2.05, 4.69) is 37.6 Å². The predicted molar refractivity (Wildman–Crippen MR) is 105 cm³/mol. The van der Waals surface area contributed by atoms with Gasteiger partial charge in [-0.15, -0.1) is 0 Å². The van der Waals surface area contributed by atoms with Crippen LogP contribution in [0.2, 0.25) is 0 Å². The SMILES string of the molecule is CN=C(NCCN1CCOCC1)NCC(C)c1nc(-c2ccccc2)no1. The molecule has 0 radical (unpaired) electrons. The fourth-order valence-corrected chi connectivity index (χ4v) is 2.85. The summed E-state index contributed by atoms with van der Waals surface area (Å²) in [7, 11) is 1.77. The molecule has 0 amide bonds. The van der Waals surface area contributed by atoms with Gasteiger partial charge in [0.15, 0.2) is 5.96 Å². The van der Waals surface area contributed by atoms with Gasteiger partial charge in [0.2, 0.25) is 11.7 Å². The Morgan fingerprint density at radius 1 is 1.22 bits per heavy atom. The van der Waals surface area contributed by atoms with E-state index < -0.39 is 0 Å². The average molecular weight is 372 g/mol. The largest absolute Gasteiger partial charge is 0.379 e. The van der Waals surface area contributed by atoms with Crippen molar-refractivity contribution in [1.29, 1.82) is 0 Å². The van der Waals surface area contributed by atoms with Gasteiger partial charge in [0.25, 0.3) is 0 Å². The maximum atomic E-state index is 5.43. The fraction of sp³-hybridized carbons (Fsp3) is 0.526. The van der Waals surface area contributed by atoms with Crippen LogP contribution in [-0.2, 0) is 4.74 Å². The summed E-state index contributed by atoms with van der Waals surface area (Å²) in [5.74, 6) is 2.08. The van der Waals surface area contributed by atoms with Gasteiger partial charge in [-0.2, -0.15) is 4.98 Å². The van der Waals surface area contributed by atoms with Crippen LogP contribution in [0.3, 0.4) is 0 Å². The summed E-state index contributed by atoms with van der Waals surface area (Å²) in [5.41, 5.74) is 0.952. The molecule has 1 unspecified atom stereocenters. The van der Waals surface area contributed by atoms with Crippen molar-refractivity contribution in [1.82, 2.24) is 25.7 Å². The van der Waals surface area contributed by atoms with Gasteiger partial charge in [0.1, 0.15) is 0 Å². The summed E-state index contributed by atoms with van der Waals surface area (Å²) < 4.78 is 10.8. The zero-order chi connectivity index (χ0) is 18.9. The minimum Gasteiger partial charge on any atom is -0.379 e. The number of ether oxygens (including phenoxy) is 1. The third kappa shape index (κ3) is 5.77. The molecule has 1 fully saturated rings. The molecule has 1 aliphatic rings.